The Hall–Kier alpha value is -0.410. The van der Waals surface area contributed by atoms with Crippen molar-refractivity contribution in [1.29, 1.82) is 0 Å². The SMILES string of the molecule is CCC1CCCCC1OCc1ccc(F)cc1Br. The fraction of sp³-hybridized carbons (Fsp3) is 0.600. The molecule has 2 unspecified atom stereocenters. The number of hydrogen-bond acceptors (Lipinski definition) is 1. The highest BCUT2D eigenvalue weighted by atomic mass is 79.9. The Kier molecular flexibility index (Phi) is 5.19. The fourth-order valence-electron chi connectivity index (χ4n) is 2.70. The van der Waals surface area contributed by atoms with Crippen LogP contribution < -0.4 is 0 Å². The van der Waals surface area contributed by atoms with Crippen LogP contribution in [-0.2, 0) is 11.3 Å². The second-order valence-electron chi connectivity index (χ2n) is 5.04. The van der Waals surface area contributed by atoms with Gasteiger partial charge in [0.2, 0.25) is 0 Å². The third-order valence-electron chi connectivity index (χ3n) is 3.83. The quantitative estimate of drug-likeness (QED) is 0.753. The molecule has 0 heterocycles. The predicted molar refractivity (Wildman–Crippen MR) is 74.9 cm³/mol. The van der Waals surface area contributed by atoms with Gasteiger partial charge in [-0.05, 0) is 36.5 Å². The van der Waals surface area contributed by atoms with Crippen LogP contribution in [0.15, 0.2) is 22.7 Å². The van der Waals surface area contributed by atoms with E-state index in [0.717, 1.165) is 16.5 Å². The molecular weight excluding hydrogens is 295 g/mol. The summed E-state index contributed by atoms with van der Waals surface area (Å²) in [5, 5.41) is 0. The van der Waals surface area contributed by atoms with Gasteiger partial charge < -0.3 is 4.74 Å². The lowest BCUT2D eigenvalue weighted by Gasteiger charge is -2.30. The molecule has 18 heavy (non-hydrogen) atoms. The van der Waals surface area contributed by atoms with Crippen molar-refractivity contribution in [3.05, 3.63) is 34.1 Å². The summed E-state index contributed by atoms with van der Waals surface area (Å²) in [7, 11) is 0. The lowest BCUT2D eigenvalue weighted by Crippen LogP contribution is -2.27. The van der Waals surface area contributed by atoms with Crippen molar-refractivity contribution in [2.24, 2.45) is 5.92 Å². The number of benzene rings is 1. The molecule has 1 saturated carbocycles. The van der Waals surface area contributed by atoms with Crippen molar-refractivity contribution in [2.45, 2.75) is 51.7 Å². The summed E-state index contributed by atoms with van der Waals surface area (Å²) in [6.07, 6.45) is 6.61. The first-order valence-corrected chi connectivity index (χ1v) is 7.55. The molecule has 1 fully saturated rings. The molecule has 3 heteroatoms. The van der Waals surface area contributed by atoms with Crippen molar-refractivity contribution in [3.63, 3.8) is 0 Å². The van der Waals surface area contributed by atoms with E-state index in [1.807, 2.05) is 0 Å². The van der Waals surface area contributed by atoms with E-state index in [4.69, 9.17) is 4.74 Å². The van der Waals surface area contributed by atoms with Crippen molar-refractivity contribution in [3.8, 4) is 0 Å². The third-order valence-corrected chi connectivity index (χ3v) is 4.57. The second kappa shape index (κ2) is 6.67. The van der Waals surface area contributed by atoms with Gasteiger partial charge in [0.1, 0.15) is 5.82 Å². The normalized spacial score (nSPS) is 24.2. The van der Waals surface area contributed by atoms with E-state index >= 15 is 0 Å². The molecule has 1 aliphatic rings. The van der Waals surface area contributed by atoms with Crippen LogP contribution in [0, 0.1) is 11.7 Å². The molecule has 0 N–H and O–H groups in total. The van der Waals surface area contributed by atoms with Gasteiger partial charge in [0, 0.05) is 4.47 Å². The standard InChI is InChI=1S/C15H20BrFO/c1-2-11-5-3-4-6-15(11)18-10-12-7-8-13(17)9-14(12)16/h7-9,11,15H,2-6,10H2,1H3. The summed E-state index contributed by atoms with van der Waals surface area (Å²) in [6, 6.07) is 4.78. The van der Waals surface area contributed by atoms with Gasteiger partial charge >= 0.3 is 0 Å². The van der Waals surface area contributed by atoms with Crippen LogP contribution in [0.3, 0.4) is 0 Å². The molecule has 0 spiro atoms. The molecule has 2 rings (SSSR count). The minimum absolute atomic E-state index is 0.213. The Bertz CT molecular complexity index is 394. The van der Waals surface area contributed by atoms with E-state index in [0.29, 0.717) is 18.6 Å². The van der Waals surface area contributed by atoms with E-state index in [2.05, 4.69) is 22.9 Å². The molecule has 0 aromatic heterocycles. The molecule has 0 saturated heterocycles. The highest BCUT2D eigenvalue weighted by molar-refractivity contribution is 9.10. The molecule has 2 atom stereocenters. The van der Waals surface area contributed by atoms with Gasteiger partial charge in [-0.25, -0.2) is 4.39 Å². The van der Waals surface area contributed by atoms with Gasteiger partial charge in [-0.3, -0.25) is 0 Å². The van der Waals surface area contributed by atoms with Gasteiger partial charge in [0.05, 0.1) is 12.7 Å². The third kappa shape index (κ3) is 3.55. The smallest absolute Gasteiger partial charge is 0.124 e. The monoisotopic (exact) mass is 314 g/mol. The van der Waals surface area contributed by atoms with Crippen molar-refractivity contribution < 1.29 is 9.13 Å². The number of halogens is 2. The highest BCUT2D eigenvalue weighted by Gasteiger charge is 2.24. The molecule has 0 bridgehead atoms. The van der Waals surface area contributed by atoms with Crippen LogP contribution in [-0.4, -0.2) is 6.10 Å². The first-order chi connectivity index (χ1) is 8.70. The Morgan fingerprint density at radius 1 is 1.33 bits per heavy atom. The number of ether oxygens (including phenoxy) is 1. The Balaban J connectivity index is 1.93. The van der Waals surface area contributed by atoms with E-state index in [1.165, 1.54) is 37.8 Å². The van der Waals surface area contributed by atoms with Gasteiger partial charge in [-0.1, -0.05) is 48.2 Å². The van der Waals surface area contributed by atoms with Crippen LogP contribution in [0.4, 0.5) is 4.39 Å². The molecule has 0 amide bonds. The number of rotatable bonds is 4. The van der Waals surface area contributed by atoms with E-state index in [-0.39, 0.29) is 5.82 Å². The summed E-state index contributed by atoms with van der Waals surface area (Å²) in [5.41, 5.74) is 1.02. The zero-order valence-electron chi connectivity index (χ0n) is 10.8. The van der Waals surface area contributed by atoms with Gasteiger partial charge in [-0.15, -0.1) is 0 Å². The van der Waals surface area contributed by atoms with Crippen LogP contribution in [0.2, 0.25) is 0 Å². The Labute approximate surface area is 117 Å². The summed E-state index contributed by atoms with van der Waals surface area (Å²) in [5.74, 6) is 0.479. The van der Waals surface area contributed by atoms with E-state index in [1.54, 1.807) is 6.07 Å². The maximum atomic E-state index is 13.0. The van der Waals surface area contributed by atoms with Crippen molar-refractivity contribution >= 4 is 15.9 Å². The maximum absolute atomic E-state index is 13.0. The topological polar surface area (TPSA) is 9.23 Å². The molecule has 0 aliphatic heterocycles. The van der Waals surface area contributed by atoms with Crippen LogP contribution >= 0.6 is 15.9 Å². The summed E-state index contributed by atoms with van der Waals surface area (Å²) in [4.78, 5) is 0. The molecular formula is C15H20BrFO. The van der Waals surface area contributed by atoms with E-state index in [9.17, 15) is 4.39 Å². The molecule has 1 nitrogen and oxygen atoms in total. The average Bonchev–Trinajstić information content (AvgIpc) is 2.38. The first-order valence-electron chi connectivity index (χ1n) is 6.76. The largest absolute Gasteiger partial charge is 0.373 e. The molecule has 0 radical (unpaired) electrons. The Morgan fingerprint density at radius 3 is 2.83 bits per heavy atom. The first kappa shape index (κ1) is 14.0. The number of hydrogen-bond donors (Lipinski definition) is 0. The van der Waals surface area contributed by atoms with Gasteiger partial charge in [-0.2, -0.15) is 0 Å². The molecule has 1 aromatic carbocycles. The van der Waals surface area contributed by atoms with Crippen molar-refractivity contribution in [2.75, 3.05) is 0 Å². The van der Waals surface area contributed by atoms with Crippen LogP contribution in [0.25, 0.3) is 0 Å². The molecule has 1 aromatic rings. The summed E-state index contributed by atoms with van der Waals surface area (Å²) in [6.45, 7) is 2.81. The van der Waals surface area contributed by atoms with Crippen LogP contribution in [0.5, 0.6) is 0 Å². The van der Waals surface area contributed by atoms with Crippen molar-refractivity contribution in [1.82, 2.24) is 0 Å². The fourth-order valence-corrected chi connectivity index (χ4v) is 3.16. The van der Waals surface area contributed by atoms with E-state index < -0.39 is 0 Å². The van der Waals surface area contributed by atoms with Gasteiger partial charge in [0.15, 0.2) is 0 Å². The summed E-state index contributed by atoms with van der Waals surface area (Å²) >= 11 is 3.38. The van der Waals surface area contributed by atoms with Crippen LogP contribution in [0.1, 0.15) is 44.6 Å². The minimum Gasteiger partial charge on any atom is -0.373 e. The lowest BCUT2D eigenvalue weighted by atomic mass is 9.85. The minimum atomic E-state index is -0.213. The summed E-state index contributed by atoms with van der Waals surface area (Å²) < 4.78 is 19.8. The van der Waals surface area contributed by atoms with Gasteiger partial charge in [0.25, 0.3) is 0 Å². The predicted octanol–water partition coefficient (Wildman–Crippen LogP) is 5.07. The maximum Gasteiger partial charge on any atom is 0.124 e. The average molecular weight is 315 g/mol. The zero-order chi connectivity index (χ0) is 13.0. The highest BCUT2D eigenvalue weighted by Crippen LogP contribution is 2.30. The zero-order valence-corrected chi connectivity index (χ0v) is 12.4. The second-order valence-corrected chi connectivity index (χ2v) is 5.89. The lowest BCUT2D eigenvalue weighted by molar-refractivity contribution is -0.0224. The molecule has 100 valence electrons. The molecule has 1 aliphatic carbocycles. The Morgan fingerprint density at radius 2 is 2.11 bits per heavy atom.